The lowest BCUT2D eigenvalue weighted by atomic mass is 10.1. The first-order valence-corrected chi connectivity index (χ1v) is 4.62. The molecule has 15 heavy (non-hydrogen) atoms. The molecule has 1 aromatic heterocycles. The molecule has 1 heterocycles. The minimum atomic E-state index is -1.02. The van der Waals surface area contributed by atoms with E-state index in [9.17, 15) is 4.79 Å². The number of hydrogen-bond acceptors (Lipinski definition) is 4. The molecule has 0 bridgehead atoms. The molecule has 0 fully saturated rings. The minimum absolute atomic E-state index is 0.419. The van der Waals surface area contributed by atoms with Gasteiger partial charge in [0.15, 0.2) is 0 Å². The van der Waals surface area contributed by atoms with E-state index in [2.05, 4.69) is 9.97 Å². The Kier molecular flexibility index (Phi) is 2.93. The minimum Gasteiger partial charge on any atom is -0.480 e. The largest absolute Gasteiger partial charge is 0.480 e. The first kappa shape index (κ1) is 11.4. The molecule has 1 rings (SSSR count). The third-order valence-corrected chi connectivity index (χ3v) is 2.44. The molecular formula is C10H15N3O2. The number of hydrogen-bond donors (Lipinski definition) is 1. The van der Waals surface area contributed by atoms with Crippen molar-refractivity contribution in [2.75, 3.05) is 11.9 Å². The summed E-state index contributed by atoms with van der Waals surface area (Å²) in [6.07, 6.45) is 1.62. The molecule has 0 spiro atoms. The average Bonchev–Trinajstić information content (AvgIpc) is 2.16. The van der Waals surface area contributed by atoms with Crippen LogP contribution in [-0.2, 0) is 4.79 Å². The summed E-state index contributed by atoms with van der Waals surface area (Å²) in [5, 5.41) is 9.05. The fourth-order valence-corrected chi connectivity index (χ4v) is 0.991. The van der Waals surface area contributed by atoms with Gasteiger partial charge in [0.25, 0.3) is 0 Å². The second-order valence-corrected chi connectivity index (χ2v) is 3.92. The first-order chi connectivity index (χ1) is 6.85. The third-order valence-electron chi connectivity index (χ3n) is 2.44. The summed E-state index contributed by atoms with van der Waals surface area (Å²) in [7, 11) is 1.67. The van der Waals surface area contributed by atoms with Crippen molar-refractivity contribution >= 4 is 11.9 Å². The van der Waals surface area contributed by atoms with Gasteiger partial charge in [-0.3, -0.25) is 0 Å². The van der Waals surface area contributed by atoms with Gasteiger partial charge in [-0.2, -0.15) is 0 Å². The number of aromatic nitrogens is 2. The Labute approximate surface area is 88.8 Å². The van der Waals surface area contributed by atoms with Crippen molar-refractivity contribution in [3.05, 3.63) is 18.0 Å². The Bertz CT molecular complexity index is 377. The highest BCUT2D eigenvalue weighted by Crippen LogP contribution is 2.18. The summed E-state index contributed by atoms with van der Waals surface area (Å²) in [5.41, 5.74) is -0.207. The van der Waals surface area contributed by atoms with Gasteiger partial charge >= 0.3 is 5.97 Å². The lowest BCUT2D eigenvalue weighted by Crippen LogP contribution is -2.48. The highest BCUT2D eigenvalue weighted by molar-refractivity contribution is 5.81. The number of aryl methyl sites for hydroxylation is 1. The van der Waals surface area contributed by atoms with Crippen molar-refractivity contribution in [2.24, 2.45) is 0 Å². The molecule has 0 aliphatic heterocycles. The van der Waals surface area contributed by atoms with Crippen LogP contribution in [0.25, 0.3) is 0 Å². The number of aliphatic carboxylic acids is 1. The van der Waals surface area contributed by atoms with E-state index in [4.69, 9.17) is 5.11 Å². The van der Waals surface area contributed by atoms with E-state index in [0.29, 0.717) is 5.95 Å². The molecule has 1 N–H and O–H groups in total. The molecular weight excluding hydrogens is 194 g/mol. The summed E-state index contributed by atoms with van der Waals surface area (Å²) in [5.74, 6) is -0.488. The van der Waals surface area contributed by atoms with E-state index in [0.717, 1.165) is 5.69 Å². The van der Waals surface area contributed by atoms with Crippen LogP contribution >= 0.6 is 0 Å². The van der Waals surface area contributed by atoms with Gasteiger partial charge in [-0.25, -0.2) is 14.8 Å². The summed E-state index contributed by atoms with van der Waals surface area (Å²) in [4.78, 5) is 20.8. The topological polar surface area (TPSA) is 66.3 Å². The van der Waals surface area contributed by atoms with Crippen molar-refractivity contribution in [1.82, 2.24) is 9.97 Å². The van der Waals surface area contributed by atoms with Crippen molar-refractivity contribution in [1.29, 1.82) is 0 Å². The van der Waals surface area contributed by atoms with Gasteiger partial charge in [0.2, 0.25) is 5.95 Å². The van der Waals surface area contributed by atoms with Crippen LogP contribution in [0.3, 0.4) is 0 Å². The van der Waals surface area contributed by atoms with Crippen LogP contribution in [0.1, 0.15) is 19.5 Å². The molecule has 0 aromatic carbocycles. The van der Waals surface area contributed by atoms with E-state index < -0.39 is 11.5 Å². The van der Waals surface area contributed by atoms with Crippen LogP contribution in [-0.4, -0.2) is 33.6 Å². The van der Waals surface area contributed by atoms with Crippen LogP contribution < -0.4 is 4.90 Å². The van der Waals surface area contributed by atoms with Crippen molar-refractivity contribution in [3.63, 3.8) is 0 Å². The van der Waals surface area contributed by atoms with Gasteiger partial charge in [0.1, 0.15) is 5.54 Å². The molecule has 5 nitrogen and oxygen atoms in total. The Balaban J connectivity index is 3.04. The third kappa shape index (κ3) is 2.23. The lowest BCUT2D eigenvalue weighted by Gasteiger charge is -2.31. The van der Waals surface area contributed by atoms with E-state index in [-0.39, 0.29) is 0 Å². The maximum absolute atomic E-state index is 11.0. The fourth-order valence-electron chi connectivity index (χ4n) is 0.991. The molecule has 0 unspecified atom stereocenters. The molecule has 0 aliphatic rings. The normalized spacial score (nSPS) is 11.2. The van der Waals surface area contributed by atoms with Gasteiger partial charge in [-0.05, 0) is 26.8 Å². The predicted molar refractivity (Wildman–Crippen MR) is 56.9 cm³/mol. The maximum Gasteiger partial charge on any atom is 0.329 e. The number of nitrogens with zero attached hydrogens (tertiary/aromatic N) is 3. The molecule has 0 atom stereocenters. The summed E-state index contributed by atoms with van der Waals surface area (Å²) in [6.45, 7) is 5.06. The second kappa shape index (κ2) is 3.84. The van der Waals surface area contributed by atoms with Gasteiger partial charge < -0.3 is 10.0 Å². The van der Waals surface area contributed by atoms with Crippen molar-refractivity contribution in [2.45, 2.75) is 26.3 Å². The van der Waals surface area contributed by atoms with Crippen LogP contribution in [0.5, 0.6) is 0 Å². The predicted octanol–water partition coefficient (Wildman–Crippen LogP) is 1.08. The van der Waals surface area contributed by atoms with Gasteiger partial charge in [0.05, 0.1) is 0 Å². The zero-order valence-corrected chi connectivity index (χ0v) is 9.35. The van der Waals surface area contributed by atoms with Gasteiger partial charge in [-0.1, -0.05) is 0 Å². The highest BCUT2D eigenvalue weighted by atomic mass is 16.4. The number of carbonyl (C=O) groups is 1. The number of likely N-dealkylation sites (N-methyl/N-ethyl adjacent to an activating group) is 1. The Morgan fingerprint density at radius 3 is 2.60 bits per heavy atom. The number of carboxylic acid groups (broad SMARTS) is 1. The summed E-state index contributed by atoms with van der Waals surface area (Å²) in [6, 6.07) is 1.77. The molecule has 0 radical (unpaired) electrons. The number of rotatable bonds is 3. The summed E-state index contributed by atoms with van der Waals surface area (Å²) < 4.78 is 0. The molecule has 0 saturated carbocycles. The average molecular weight is 209 g/mol. The van der Waals surface area contributed by atoms with Crippen molar-refractivity contribution in [3.8, 4) is 0 Å². The van der Waals surface area contributed by atoms with Crippen LogP contribution in [0, 0.1) is 6.92 Å². The Morgan fingerprint density at radius 1 is 1.53 bits per heavy atom. The summed E-state index contributed by atoms with van der Waals surface area (Å²) >= 11 is 0. The Hall–Kier alpha value is -1.65. The second-order valence-electron chi connectivity index (χ2n) is 3.92. The van der Waals surface area contributed by atoms with Gasteiger partial charge in [-0.15, -0.1) is 0 Å². The molecule has 0 saturated heterocycles. The van der Waals surface area contributed by atoms with Crippen LogP contribution in [0.15, 0.2) is 12.3 Å². The van der Waals surface area contributed by atoms with Crippen molar-refractivity contribution < 1.29 is 9.90 Å². The standard InChI is InChI=1S/C10H15N3O2/c1-7-5-6-11-9(12-7)13(4)10(2,3)8(14)15/h5-6H,1-4H3,(H,14,15). The van der Waals surface area contributed by atoms with E-state index >= 15 is 0 Å². The Morgan fingerprint density at radius 2 is 2.13 bits per heavy atom. The number of anilines is 1. The fraction of sp³-hybridized carbons (Fsp3) is 0.500. The van der Waals surface area contributed by atoms with Crippen LogP contribution in [0.4, 0.5) is 5.95 Å². The zero-order chi connectivity index (χ0) is 11.6. The molecule has 5 heteroatoms. The molecule has 1 aromatic rings. The number of carboxylic acids is 1. The lowest BCUT2D eigenvalue weighted by molar-refractivity contribution is -0.142. The smallest absolute Gasteiger partial charge is 0.329 e. The molecule has 0 aliphatic carbocycles. The van der Waals surface area contributed by atoms with E-state index in [1.165, 1.54) is 0 Å². The maximum atomic E-state index is 11.0. The molecule has 0 amide bonds. The van der Waals surface area contributed by atoms with Crippen LogP contribution in [0.2, 0.25) is 0 Å². The van der Waals surface area contributed by atoms with E-state index in [1.807, 2.05) is 6.92 Å². The zero-order valence-electron chi connectivity index (χ0n) is 9.35. The SMILES string of the molecule is Cc1ccnc(N(C)C(C)(C)C(=O)O)n1. The van der Waals surface area contributed by atoms with E-state index in [1.54, 1.807) is 38.1 Å². The van der Waals surface area contributed by atoms with Gasteiger partial charge in [0, 0.05) is 18.9 Å². The first-order valence-electron chi connectivity index (χ1n) is 4.62. The molecule has 82 valence electrons. The highest BCUT2D eigenvalue weighted by Gasteiger charge is 2.33. The monoisotopic (exact) mass is 209 g/mol. The quantitative estimate of drug-likeness (QED) is 0.807.